The number of nitrogens with one attached hydrogen (secondary N) is 1. The quantitative estimate of drug-likeness (QED) is 0.593. The maximum absolute atomic E-state index is 13.3. The Kier molecular flexibility index (Phi) is 6.36. The molecule has 31 heavy (non-hydrogen) atoms. The van der Waals surface area contributed by atoms with E-state index in [1.165, 1.54) is 9.25 Å². The maximum atomic E-state index is 13.3. The van der Waals surface area contributed by atoms with Crippen LogP contribution in [0.25, 0.3) is 16.5 Å². The Hall–Kier alpha value is -3.71. The van der Waals surface area contributed by atoms with Crippen LogP contribution in [0.3, 0.4) is 0 Å². The van der Waals surface area contributed by atoms with Crippen molar-refractivity contribution in [2.24, 2.45) is 7.05 Å². The largest absolute Gasteiger partial charge is 0.389 e. The van der Waals surface area contributed by atoms with Gasteiger partial charge in [-0.25, -0.2) is 0 Å². The summed E-state index contributed by atoms with van der Waals surface area (Å²) in [5, 5.41) is 18.5. The van der Waals surface area contributed by atoms with Gasteiger partial charge in [-0.2, -0.15) is 4.68 Å². The van der Waals surface area contributed by atoms with Crippen LogP contribution in [0.5, 0.6) is 0 Å². The number of nitrogens with zero attached hydrogens (tertiary/aromatic N) is 3. The van der Waals surface area contributed by atoms with Crippen LogP contribution in [0.1, 0.15) is 32.4 Å². The summed E-state index contributed by atoms with van der Waals surface area (Å²) in [4.78, 5) is 25.8. The highest BCUT2D eigenvalue weighted by molar-refractivity contribution is 5.93. The van der Waals surface area contributed by atoms with Gasteiger partial charge in [0.05, 0.1) is 17.2 Å². The number of aryl methyl sites for hydroxylation is 1. The molecule has 2 heterocycles. The molecular weight excluding hydrogens is 392 g/mol. The van der Waals surface area contributed by atoms with Crippen LogP contribution in [0, 0.1) is 0 Å². The van der Waals surface area contributed by atoms with Crippen molar-refractivity contribution in [1.29, 1.82) is 0 Å². The molecule has 0 fully saturated rings. The van der Waals surface area contributed by atoms with Gasteiger partial charge in [-0.05, 0) is 56.7 Å². The summed E-state index contributed by atoms with van der Waals surface area (Å²) >= 11 is 0. The third-order valence-corrected chi connectivity index (χ3v) is 4.82. The first-order valence-corrected chi connectivity index (χ1v) is 9.88. The van der Waals surface area contributed by atoms with Crippen LogP contribution >= 0.6 is 0 Å². The molecule has 0 aliphatic rings. The second kappa shape index (κ2) is 8.97. The number of aliphatic hydroxyl groups excluding tert-OH is 1. The second-order valence-corrected chi connectivity index (χ2v) is 7.55. The van der Waals surface area contributed by atoms with Crippen molar-refractivity contribution in [2.45, 2.75) is 26.9 Å². The molecule has 0 saturated carbocycles. The predicted molar refractivity (Wildman–Crippen MR) is 126 cm³/mol. The van der Waals surface area contributed by atoms with E-state index in [1.54, 1.807) is 62.7 Å². The summed E-state index contributed by atoms with van der Waals surface area (Å²) in [5.74, 6) is 0.347. The minimum atomic E-state index is -0.733. The fraction of sp³-hybridized carbons (Fsp3) is 0.208. The minimum absolute atomic E-state index is 0.222. The first kappa shape index (κ1) is 22.0. The van der Waals surface area contributed by atoms with Crippen molar-refractivity contribution < 1.29 is 5.11 Å². The molecule has 0 saturated heterocycles. The van der Waals surface area contributed by atoms with E-state index in [4.69, 9.17) is 0 Å². The van der Waals surface area contributed by atoms with Gasteiger partial charge < -0.3 is 15.0 Å². The molecule has 3 rings (SSSR count). The lowest BCUT2D eigenvalue weighted by atomic mass is 10.1. The van der Waals surface area contributed by atoms with Crippen LogP contribution in [0.15, 0.2) is 76.5 Å². The zero-order valence-electron chi connectivity index (χ0n) is 18.1. The summed E-state index contributed by atoms with van der Waals surface area (Å²) < 4.78 is 2.70. The van der Waals surface area contributed by atoms with Crippen molar-refractivity contribution in [2.75, 3.05) is 5.32 Å². The van der Waals surface area contributed by atoms with Gasteiger partial charge in [0.1, 0.15) is 5.69 Å². The van der Waals surface area contributed by atoms with E-state index in [0.29, 0.717) is 33.5 Å². The molecular formula is C24H26N4O3. The molecule has 160 valence electrons. The molecule has 0 bridgehead atoms. The van der Waals surface area contributed by atoms with Crippen LogP contribution in [0.2, 0.25) is 0 Å². The zero-order chi connectivity index (χ0) is 22.7. The average Bonchev–Trinajstić information content (AvgIpc) is 2.73. The number of aromatic nitrogens is 3. The van der Waals surface area contributed by atoms with Crippen LogP contribution in [0.4, 0.5) is 11.5 Å². The van der Waals surface area contributed by atoms with E-state index in [2.05, 4.69) is 17.0 Å². The molecule has 7 nitrogen and oxygen atoms in total. The number of fused-ring (bicyclic) bond motifs is 1. The first-order chi connectivity index (χ1) is 14.7. The van der Waals surface area contributed by atoms with Crippen LogP contribution in [-0.4, -0.2) is 19.5 Å². The number of benzene rings is 1. The van der Waals surface area contributed by atoms with Crippen LogP contribution in [-0.2, 0) is 7.05 Å². The number of hydrogen-bond acceptors (Lipinski definition) is 5. The highest BCUT2D eigenvalue weighted by Crippen LogP contribution is 2.25. The summed E-state index contributed by atoms with van der Waals surface area (Å²) in [6, 6.07) is 8.51. The Labute approximate surface area is 180 Å². The van der Waals surface area contributed by atoms with Gasteiger partial charge in [0, 0.05) is 18.6 Å². The van der Waals surface area contributed by atoms with Gasteiger partial charge in [0.2, 0.25) is 0 Å². The van der Waals surface area contributed by atoms with E-state index in [1.807, 2.05) is 19.9 Å². The SMILES string of the molecule is C=C/C(=C\C=C(C)C)n1nc(Nc2cccn(C)c2=O)c2ccc(C(C)O)cc2c1=O. The minimum Gasteiger partial charge on any atom is -0.389 e. The monoisotopic (exact) mass is 418 g/mol. The average molecular weight is 418 g/mol. The summed E-state index contributed by atoms with van der Waals surface area (Å²) in [6.45, 7) is 9.34. The fourth-order valence-corrected chi connectivity index (χ4v) is 3.08. The standard InChI is InChI=1S/C24H26N4O3/c1-6-18(11-9-15(2)3)28-23(30)20-14-17(16(4)29)10-12-19(20)22(26-28)25-21-8-7-13-27(5)24(21)31/h6-14,16,29H,1H2,2-5H3,(H,25,26)/b18-11+. The van der Waals surface area contributed by atoms with Crippen LogP contribution < -0.4 is 16.4 Å². The molecule has 0 aliphatic carbocycles. The van der Waals surface area contributed by atoms with E-state index in [0.717, 1.165) is 5.57 Å². The molecule has 3 aromatic rings. The number of pyridine rings is 1. The lowest BCUT2D eigenvalue weighted by molar-refractivity contribution is 0.199. The Morgan fingerprint density at radius 3 is 2.55 bits per heavy atom. The van der Waals surface area contributed by atoms with Gasteiger partial charge in [0.15, 0.2) is 5.82 Å². The van der Waals surface area contributed by atoms with Gasteiger partial charge in [0.25, 0.3) is 11.1 Å². The normalized spacial score (nSPS) is 12.5. The molecule has 1 aromatic carbocycles. The number of hydrogen-bond donors (Lipinski definition) is 2. The van der Waals surface area contributed by atoms with Crippen molar-refractivity contribution >= 4 is 28.0 Å². The summed E-state index contributed by atoms with van der Waals surface area (Å²) in [7, 11) is 1.66. The molecule has 0 amide bonds. The van der Waals surface area contributed by atoms with Crippen molar-refractivity contribution in [1.82, 2.24) is 14.3 Å². The van der Waals surface area contributed by atoms with Gasteiger partial charge in [-0.15, -0.1) is 5.10 Å². The van der Waals surface area contributed by atoms with E-state index >= 15 is 0 Å². The number of aliphatic hydroxyl groups is 1. The van der Waals surface area contributed by atoms with E-state index in [9.17, 15) is 14.7 Å². The Morgan fingerprint density at radius 1 is 1.16 bits per heavy atom. The van der Waals surface area contributed by atoms with Crippen molar-refractivity contribution in [3.8, 4) is 0 Å². The lowest BCUT2D eigenvalue weighted by Gasteiger charge is -2.14. The molecule has 1 atom stereocenters. The fourth-order valence-electron chi connectivity index (χ4n) is 3.08. The van der Waals surface area contributed by atoms with Gasteiger partial charge >= 0.3 is 0 Å². The summed E-state index contributed by atoms with van der Waals surface area (Å²) in [6.07, 6.45) is 6.09. The molecule has 0 radical (unpaired) electrons. The van der Waals surface area contributed by atoms with E-state index in [-0.39, 0.29) is 11.1 Å². The Morgan fingerprint density at radius 2 is 1.90 bits per heavy atom. The van der Waals surface area contributed by atoms with Crippen molar-refractivity contribution in [3.05, 3.63) is 93.2 Å². The Balaban J connectivity index is 2.33. The summed E-state index contributed by atoms with van der Waals surface area (Å²) in [5.41, 5.74) is 1.90. The smallest absolute Gasteiger partial charge is 0.279 e. The highest BCUT2D eigenvalue weighted by atomic mass is 16.3. The molecule has 2 N–H and O–H groups in total. The van der Waals surface area contributed by atoms with E-state index < -0.39 is 6.10 Å². The highest BCUT2D eigenvalue weighted by Gasteiger charge is 2.15. The number of allylic oxidation sites excluding steroid dienone is 5. The molecule has 0 aliphatic heterocycles. The number of rotatable bonds is 6. The Bertz CT molecular complexity index is 1320. The first-order valence-electron chi connectivity index (χ1n) is 9.88. The van der Waals surface area contributed by atoms with Gasteiger partial charge in [-0.1, -0.05) is 30.4 Å². The predicted octanol–water partition coefficient (Wildman–Crippen LogP) is 3.89. The molecule has 2 aromatic heterocycles. The molecule has 0 spiro atoms. The lowest BCUT2D eigenvalue weighted by Crippen LogP contribution is -2.24. The molecule has 7 heteroatoms. The number of anilines is 2. The topological polar surface area (TPSA) is 89.2 Å². The third-order valence-electron chi connectivity index (χ3n) is 4.82. The zero-order valence-corrected chi connectivity index (χ0v) is 18.1. The maximum Gasteiger partial charge on any atom is 0.279 e. The molecule has 1 unspecified atom stereocenters. The van der Waals surface area contributed by atoms with Crippen molar-refractivity contribution in [3.63, 3.8) is 0 Å². The van der Waals surface area contributed by atoms with Gasteiger partial charge in [-0.3, -0.25) is 9.59 Å². The third kappa shape index (κ3) is 4.57. The second-order valence-electron chi connectivity index (χ2n) is 7.55.